The zero-order valence-corrected chi connectivity index (χ0v) is 13.1. The Morgan fingerprint density at radius 2 is 1.95 bits per heavy atom. The summed E-state index contributed by atoms with van der Waals surface area (Å²) in [7, 11) is 0. The number of rotatable bonds is 7. The van der Waals surface area contributed by atoms with E-state index in [9.17, 15) is 14.4 Å². The largest absolute Gasteiger partial charge is 0.480 e. The molecule has 1 atom stereocenters. The smallest absolute Gasteiger partial charge is 0.326 e. The lowest BCUT2D eigenvalue weighted by molar-refractivity contribution is -0.139. The quantitative estimate of drug-likeness (QED) is 0.720. The highest BCUT2D eigenvalue weighted by atomic mass is 16.4. The topological polar surface area (TPSA) is 95.5 Å². The van der Waals surface area contributed by atoms with Gasteiger partial charge in [-0.15, -0.1) is 0 Å². The van der Waals surface area contributed by atoms with Crippen molar-refractivity contribution in [2.75, 3.05) is 5.32 Å². The number of carboxylic acids is 1. The van der Waals surface area contributed by atoms with Gasteiger partial charge in [0.15, 0.2) is 0 Å². The number of hydrogen-bond donors (Lipinski definition) is 3. The Hall–Kier alpha value is -2.37. The van der Waals surface area contributed by atoms with Gasteiger partial charge in [-0.05, 0) is 31.0 Å². The second kappa shape index (κ2) is 8.17. The fourth-order valence-electron chi connectivity index (χ4n) is 2.05. The fourth-order valence-corrected chi connectivity index (χ4v) is 2.05. The lowest BCUT2D eigenvalue weighted by Crippen LogP contribution is -2.41. The number of amides is 2. The van der Waals surface area contributed by atoms with Crippen LogP contribution in [-0.2, 0) is 9.59 Å². The third-order valence-electron chi connectivity index (χ3n) is 3.25. The van der Waals surface area contributed by atoms with Gasteiger partial charge in [0.2, 0.25) is 5.91 Å². The minimum Gasteiger partial charge on any atom is -0.480 e. The van der Waals surface area contributed by atoms with Crippen LogP contribution in [0.1, 0.15) is 49.0 Å². The van der Waals surface area contributed by atoms with Gasteiger partial charge in [0.1, 0.15) is 6.04 Å². The molecule has 2 amide bonds. The molecule has 120 valence electrons. The van der Waals surface area contributed by atoms with Gasteiger partial charge in [0, 0.05) is 18.2 Å². The van der Waals surface area contributed by atoms with E-state index >= 15 is 0 Å². The molecule has 3 N–H and O–H groups in total. The molecule has 0 saturated carbocycles. The zero-order chi connectivity index (χ0) is 16.7. The lowest BCUT2D eigenvalue weighted by Gasteiger charge is -2.15. The van der Waals surface area contributed by atoms with Crippen molar-refractivity contribution in [1.82, 2.24) is 5.32 Å². The SMILES string of the molecule is CCCC[C@H](NC(=O)c1cc(NC(C)=O)ccc1C)C(=O)O. The van der Waals surface area contributed by atoms with E-state index in [0.29, 0.717) is 23.2 Å². The number of benzene rings is 1. The average Bonchev–Trinajstić information content (AvgIpc) is 2.44. The fraction of sp³-hybridized carbons (Fsp3) is 0.438. The van der Waals surface area contributed by atoms with Crippen LogP contribution in [0.4, 0.5) is 5.69 Å². The third-order valence-corrected chi connectivity index (χ3v) is 3.25. The normalized spacial score (nSPS) is 11.6. The first kappa shape index (κ1) is 17.7. The minimum atomic E-state index is -1.04. The molecular weight excluding hydrogens is 284 g/mol. The Kier molecular flexibility index (Phi) is 6.56. The summed E-state index contributed by atoms with van der Waals surface area (Å²) in [4.78, 5) is 34.6. The molecule has 0 aliphatic heterocycles. The molecule has 0 aromatic heterocycles. The van der Waals surface area contributed by atoms with Crippen molar-refractivity contribution in [3.8, 4) is 0 Å². The molecular formula is C16H22N2O4. The van der Waals surface area contributed by atoms with E-state index < -0.39 is 17.9 Å². The van der Waals surface area contributed by atoms with Crippen LogP contribution >= 0.6 is 0 Å². The molecule has 0 aliphatic carbocycles. The molecule has 1 aromatic rings. The molecule has 6 heteroatoms. The molecule has 0 spiro atoms. The molecule has 0 aliphatic rings. The predicted molar refractivity (Wildman–Crippen MR) is 83.9 cm³/mol. The van der Waals surface area contributed by atoms with Crippen LogP contribution in [-0.4, -0.2) is 28.9 Å². The minimum absolute atomic E-state index is 0.235. The van der Waals surface area contributed by atoms with Gasteiger partial charge >= 0.3 is 5.97 Å². The summed E-state index contributed by atoms with van der Waals surface area (Å²) in [6, 6.07) is 4.04. The number of unbranched alkanes of at least 4 members (excludes halogenated alkanes) is 1. The van der Waals surface area contributed by atoms with E-state index in [0.717, 1.165) is 12.8 Å². The summed E-state index contributed by atoms with van der Waals surface area (Å²) in [6.07, 6.45) is 1.97. The van der Waals surface area contributed by atoms with E-state index in [1.54, 1.807) is 25.1 Å². The predicted octanol–water partition coefficient (Wildman–Crippen LogP) is 2.33. The first-order valence-electron chi connectivity index (χ1n) is 7.27. The molecule has 0 fully saturated rings. The Morgan fingerprint density at radius 1 is 1.27 bits per heavy atom. The van der Waals surface area contributed by atoms with E-state index in [4.69, 9.17) is 5.11 Å². The van der Waals surface area contributed by atoms with Crippen molar-refractivity contribution in [3.05, 3.63) is 29.3 Å². The summed E-state index contributed by atoms with van der Waals surface area (Å²) in [5.41, 5.74) is 1.57. The van der Waals surface area contributed by atoms with Crippen LogP contribution in [0.3, 0.4) is 0 Å². The summed E-state index contributed by atoms with van der Waals surface area (Å²) < 4.78 is 0. The Bertz CT molecular complexity index is 569. The summed E-state index contributed by atoms with van der Waals surface area (Å²) >= 11 is 0. The number of hydrogen-bond acceptors (Lipinski definition) is 3. The lowest BCUT2D eigenvalue weighted by atomic mass is 10.1. The van der Waals surface area contributed by atoms with Crippen molar-refractivity contribution >= 4 is 23.5 Å². The highest BCUT2D eigenvalue weighted by Crippen LogP contribution is 2.16. The zero-order valence-electron chi connectivity index (χ0n) is 13.1. The molecule has 22 heavy (non-hydrogen) atoms. The van der Waals surface area contributed by atoms with Crippen molar-refractivity contribution in [3.63, 3.8) is 0 Å². The van der Waals surface area contributed by atoms with Crippen LogP contribution in [0.15, 0.2) is 18.2 Å². The number of aliphatic carboxylic acids is 1. The first-order chi connectivity index (χ1) is 10.3. The molecule has 0 saturated heterocycles. The van der Waals surface area contributed by atoms with Gasteiger partial charge in [0.25, 0.3) is 5.91 Å². The maximum absolute atomic E-state index is 12.3. The number of carbonyl (C=O) groups excluding carboxylic acids is 2. The highest BCUT2D eigenvalue weighted by molar-refractivity contribution is 5.99. The molecule has 0 bridgehead atoms. The Balaban J connectivity index is 2.91. The molecule has 0 radical (unpaired) electrons. The number of carbonyl (C=O) groups is 3. The molecule has 1 rings (SSSR count). The van der Waals surface area contributed by atoms with Crippen molar-refractivity contribution in [1.29, 1.82) is 0 Å². The molecule has 0 heterocycles. The van der Waals surface area contributed by atoms with E-state index in [1.165, 1.54) is 6.92 Å². The van der Waals surface area contributed by atoms with Gasteiger partial charge in [-0.2, -0.15) is 0 Å². The van der Waals surface area contributed by atoms with E-state index in [2.05, 4.69) is 10.6 Å². The van der Waals surface area contributed by atoms with Crippen LogP contribution in [0.5, 0.6) is 0 Å². The maximum atomic E-state index is 12.3. The maximum Gasteiger partial charge on any atom is 0.326 e. The third kappa shape index (κ3) is 5.20. The van der Waals surface area contributed by atoms with Crippen molar-refractivity contribution < 1.29 is 19.5 Å². The van der Waals surface area contributed by atoms with Gasteiger partial charge in [-0.3, -0.25) is 9.59 Å². The van der Waals surface area contributed by atoms with E-state index in [1.807, 2.05) is 6.92 Å². The van der Waals surface area contributed by atoms with Crippen LogP contribution in [0.25, 0.3) is 0 Å². The van der Waals surface area contributed by atoms with Crippen molar-refractivity contribution in [2.24, 2.45) is 0 Å². The number of carboxylic acid groups (broad SMARTS) is 1. The molecule has 6 nitrogen and oxygen atoms in total. The summed E-state index contributed by atoms with van der Waals surface area (Å²) in [5.74, 6) is -1.73. The van der Waals surface area contributed by atoms with Crippen LogP contribution < -0.4 is 10.6 Å². The van der Waals surface area contributed by atoms with Crippen LogP contribution in [0.2, 0.25) is 0 Å². The molecule has 1 aromatic carbocycles. The van der Waals surface area contributed by atoms with Gasteiger partial charge in [-0.1, -0.05) is 25.8 Å². The number of aryl methyl sites for hydroxylation is 1. The van der Waals surface area contributed by atoms with Gasteiger partial charge in [-0.25, -0.2) is 4.79 Å². The molecule has 0 unspecified atom stereocenters. The van der Waals surface area contributed by atoms with Gasteiger partial charge in [0.05, 0.1) is 0 Å². The summed E-state index contributed by atoms with van der Waals surface area (Å²) in [6.45, 7) is 5.10. The second-order valence-electron chi connectivity index (χ2n) is 5.22. The first-order valence-corrected chi connectivity index (χ1v) is 7.27. The highest BCUT2D eigenvalue weighted by Gasteiger charge is 2.21. The van der Waals surface area contributed by atoms with Crippen LogP contribution in [0, 0.1) is 6.92 Å². The Labute approximate surface area is 129 Å². The monoisotopic (exact) mass is 306 g/mol. The number of nitrogens with one attached hydrogen (secondary N) is 2. The standard InChI is InChI=1S/C16H22N2O4/c1-4-5-6-14(16(21)22)18-15(20)13-9-12(17-11(3)19)8-7-10(13)2/h7-9,14H,4-6H2,1-3H3,(H,17,19)(H,18,20)(H,21,22)/t14-/m0/s1. The summed E-state index contributed by atoms with van der Waals surface area (Å²) in [5, 5.41) is 14.3. The Morgan fingerprint density at radius 3 is 2.50 bits per heavy atom. The van der Waals surface area contributed by atoms with Crippen molar-refractivity contribution in [2.45, 2.75) is 46.1 Å². The van der Waals surface area contributed by atoms with Gasteiger partial charge < -0.3 is 15.7 Å². The number of anilines is 1. The average molecular weight is 306 g/mol. The second-order valence-corrected chi connectivity index (χ2v) is 5.22. The van der Waals surface area contributed by atoms with E-state index in [-0.39, 0.29) is 5.91 Å².